The van der Waals surface area contributed by atoms with Crippen molar-refractivity contribution in [2.45, 2.75) is 19.0 Å². The topological polar surface area (TPSA) is 51.0 Å². The van der Waals surface area contributed by atoms with E-state index in [1.165, 1.54) is 0 Å². The third-order valence-electron chi connectivity index (χ3n) is 2.26. The third kappa shape index (κ3) is 2.88. The van der Waals surface area contributed by atoms with Gasteiger partial charge in [-0.1, -0.05) is 34.4 Å². The number of carbonyl (C=O) groups excluding carboxylic acids is 1. The average Bonchev–Trinajstić information content (AvgIpc) is 2.63. The Balaban J connectivity index is 2.91. The molecular weight excluding hydrogens is 339 g/mol. The van der Waals surface area contributed by atoms with Crippen LogP contribution in [0.3, 0.4) is 0 Å². The summed E-state index contributed by atoms with van der Waals surface area (Å²) in [5, 5.41) is 8.73. The molecule has 0 saturated carbocycles. The molecule has 1 aromatic heterocycles. The van der Waals surface area contributed by atoms with E-state index in [-0.39, 0.29) is 5.91 Å². The number of rotatable bonds is 5. The molecule has 1 aromatic rings. The van der Waals surface area contributed by atoms with Crippen LogP contribution in [0.15, 0.2) is 5.16 Å². The average molecular weight is 354 g/mol. The van der Waals surface area contributed by atoms with E-state index in [2.05, 4.69) is 32.8 Å². The molecule has 0 atom stereocenters. The summed E-state index contributed by atoms with van der Waals surface area (Å²) in [4.78, 5) is 13.8. The minimum absolute atomic E-state index is 0.0553. The molecule has 7 heteroatoms. The number of alkyl halides is 1. The summed E-state index contributed by atoms with van der Waals surface area (Å²) in [5.74, 6) is 0.358. The highest BCUT2D eigenvalue weighted by Crippen LogP contribution is 2.18. The van der Waals surface area contributed by atoms with Gasteiger partial charge in [-0.25, -0.2) is 0 Å². The lowest BCUT2D eigenvalue weighted by Crippen LogP contribution is -2.32. The quantitative estimate of drug-likeness (QED) is 0.460. The van der Waals surface area contributed by atoms with Crippen LogP contribution in [0.25, 0.3) is 0 Å². The fourth-order valence-electron chi connectivity index (χ4n) is 1.33. The number of hydrogen-bond acceptors (Lipinski definition) is 4. The van der Waals surface area contributed by atoms with E-state index in [1.54, 1.807) is 21.2 Å². The molecule has 1 rings (SSSR count). The van der Waals surface area contributed by atoms with Crippen LogP contribution in [-0.2, 0) is 7.05 Å². The first-order valence-corrected chi connectivity index (χ1v) is 7.54. The van der Waals surface area contributed by atoms with Crippen molar-refractivity contribution in [2.24, 2.45) is 7.05 Å². The summed E-state index contributed by atoms with van der Waals surface area (Å²) in [5.41, 5.74) is 0. The molecule has 0 aromatic carbocycles. The Morgan fingerprint density at radius 3 is 2.56 bits per heavy atom. The van der Waals surface area contributed by atoms with Crippen LogP contribution in [0.2, 0.25) is 0 Å². The molecule has 1 amide bonds. The molecule has 5 nitrogen and oxygen atoms in total. The Morgan fingerprint density at radius 1 is 1.44 bits per heavy atom. The summed E-state index contributed by atoms with van der Waals surface area (Å²) in [6, 6.07) is 0. The third-order valence-corrected chi connectivity index (χ3v) is 3.92. The lowest BCUT2D eigenvalue weighted by atomic mass is 10.4. The van der Waals surface area contributed by atoms with Crippen LogP contribution in [0.4, 0.5) is 0 Å². The number of aromatic nitrogens is 3. The standard InChI is InChI=1S/C9H15IN4OS/c1-4-14(5-2)8(15)7-11-12-9(13(7)3)16-6-10/h4-6H2,1-3H3. The second-order valence-corrected chi connectivity index (χ2v) is 5.84. The van der Waals surface area contributed by atoms with Gasteiger partial charge in [-0.2, -0.15) is 0 Å². The fraction of sp³-hybridized carbons (Fsp3) is 0.667. The summed E-state index contributed by atoms with van der Waals surface area (Å²) < 4.78 is 2.65. The molecular formula is C9H15IN4OS. The summed E-state index contributed by atoms with van der Waals surface area (Å²) >= 11 is 3.82. The SMILES string of the molecule is CCN(CC)C(=O)c1nnc(SCI)n1C. The Labute approximate surface area is 113 Å². The smallest absolute Gasteiger partial charge is 0.291 e. The highest BCUT2D eigenvalue weighted by Gasteiger charge is 2.20. The highest BCUT2D eigenvalue weighted by molar-refractivity contribution is 14.1. The molecule has 90 valence electrons. The van der Waals surface area contributed by atoms with Crippen LogP contribution >= 0.6 is 34.4 Å². The molecule has 0 aliphatic rings. The minimum atomic E-state index is -0.0553. The van der Waals surface area contributed by atoms with Crippen LogP contribution in [0.5, 0.6) is 0 Å². The van der Waals surface area contributed by atoms with Gasteiger partial charge in [0.1, 0.15) is 0 Å². The largest absolute Gasteiger partial charge is 0.336 e. The molecule has 1 heterocycles. The van der Waals surface area contributed by atoms with Crippen molar-refractivity contribution in [1.82, 2.24) is 19.7 Å². The molecule has 16 heavy (non-hydrogen) atoms. The normalized spacial score (nSPS) is 10.5. The zero-order chi connectivity index (χ0) is 12.1. The lowest BCUT2D eigenvalue weighted by molar-refractivity contribution is 0.0756. The van der Waals surface area contributed by atoms with E-state index in [0.717, 1.165) is 8.92 Å². The molecule has 0 spiro atoms. The second kappa shape index (κ2) is 6.43. The zero-order valence-corrected chi connectivity index (χ0v) is 12.6. The van der Waals surface area contributed by atoms with Gasteiger partial charge < -0.3 is 9.47 Å². The van der Waals surface area contributed by atoms with Gasteiger partial charge in [0.2, 0.25) is 5.82 Å². The van der Waals surface area contributed by atoms with Crippen LogP contribution in [0, 0.1) is 0 Å². The predicted octanol–water partition coefficient (Wildman–Crippen LogP) is 1.78. The van der Waals surface area contributed by atoms with Gasteiger partial charge in [-0.15, -0.1) is 10.2 Å². The molecule has 0 aliphatic carbocycles. The Hall–Kier alpha value is -0.310. The van der Waals surface area contributed by atoms with E-state index in [4.69, 9.17) is 0 Å². The van der Waals surface area contributed by atoms with Crippen molar-refractivity contribution in [2.75, 3.05) is 16.8 Å². The van der Waals surface area contributed by atoms with Crippen molar-refractivity contribution in [3.8, 4) is 0 Å². The number of carbonyl (C=O) groups is 1. The number of thioether (sulfide) groups is 1. The maximum Gasteiger partial charge on any atom is 0.291 e. The van der Waals surface area contributed by atoms with Crippen LogP contribution in [0.1, 0.15) is 24.5 Å². The Morgan fingerprint density at radius 2 is 2.06 bits per heavy atom. The molecule has 0 N–H and O–H groups in total. The van der Waals surface area contributed by atoms with Crippen LogP contribution in [-0.4, -0.2) is 42.4 Å². The van der Waals surface area contributed by atoms with Crippen molar-refractivity contribution in [3.63, 3.8) is 0 Å². The van der Waals surface area contributed by atoms with Gasteiger partial charge in [-0.05, 0) is 13.8 Å². The van der Waals surface area contributed by atoms with E-state index < -0.39 is 0 Å². The Bertz CT molecular complexity index is 364. The summed E-state index contributed by atoms with van der Waals surface area (Å²) in [6.07, 6.45) is 0. The van der Waals surface area contributed by atoms with Crippen LogP contribution < -0.4 is 0 Å². The number of nitrogens with zero attached hydrogens (tertiary/aromatic N) is 4. The van der Waals surface area contributed by atoms with Gasteiger partial charge in [0.15, 0.2) is 5.16 Å². The lowest BCUT2D eigenvalue weighted by Gasteiger charge is -2.17. The van der Waals surface area contributed by atoms with Crippen molar-refractivity contribution < 1.29 is 4.79 Å². The fourth-order valence-corrected chi connectivity index (χ4v) is 2.64. The minimum Gasteiger partial charge on any atom is -0.336 e. The molecule has 0 radical (unpaired) electrons. The van der Waals surface area contributed by atoms with Crippen molar-refractivity contribution >= 4 is 40.3 Å². The van der Waals surface area contributed by atoms with E-state index in [0.29, 0.717) is 18.9 Å². The summed E-state index contributed by atoms with van der Waals surface area (Å²) in [6.45, 7) is 5.30. The molecule has 0 aliphatic heterocycles. The molecule has 0 bridgehead atoms. The highest BCUT2D eigenvalue weighted by atomic mass is 127. The monoisotopic (exact) mass is 354 g/mol. The van der Waals surface area contributed by atoms with Gasteiger partial charge >= 0.3 is 0 Å². The van der Waals surface area contributed by atoms with Gasteiger partial charge in [0.25, 0.3) is 5.91 Å². The maximum absolute atomic E-state index is 12.0. The first kappa shape index (κ1) is 13.8. The van der Waals surface area contributed by atoms with E-state index in [1.807, 2.05) is 20.9 Å². The van der Waals surface area contributed by atoms with Crippen molar-refractivity contribution in [3.05, 3.63) is 5.82 Å². The molecule has 0 unspecified atom stereocenters. The first-order valence-electron chi connectivity index (χ1n) is 5.03. The molecule has 0 saturated heterocycles. The van der Waals surface area contributed by atoms with Gasteiger partial charge in [-0.3, -0.25) is 4.79 Å². The van der Waals surface area contributed by atoms with Crippen molar-refractivity contribution in [1.29, 1.82) is 0 Å². The van der Waals surface area contributed by atoms with Gasteiger partial charge in [0, 0.05) is 20.1 Å². The number of halogens is 1. The van der Waals surface area contributed by atoms with Gasteiger partial charge in [0.05, 0.1) is 3.76 Å². The van der Waals surface area contributed by atoms with E-state index in [9.17, 15) is 4.79 Å². The predicted molar refractivity (Wildman–Crippen MR) is 73.0 cm³/mol. The second-order valence-electron chi connectivity index (χ2n) is 3.10. The molecule has 0 fully saturated rings. The first-order chi connectivity index (χ1) is 7.65. The maximum atomic E-state index is 12.0. The number of hydrogen-bond donors (Lipinski definition) is 0. The summed E-state index contributed by atoms with van der Waals surface area (Å²) in [7, 11) is 1.82. The number of amides is 1. The van der Waals surface area contributed by atoms with E-state index >= 15 is 0 Å². The Kier molecular flexibility index (Phi) is 5.53. The zero-order valence-electron chi connectivity index (χ0n) is 9.60.